The molecule has 2 aromatic rings. The van der Waals surface area contributed by atoms with Gasteiger partial charge in [0.15, 0.2) is 5.37 Å². The number of aryl methyl sites for hydroxylation is 2. The van der Waals surface area contributed by atoms with E-state index in [9.17, 15) is 14.4 Å². The Morgan fingerprint density at radius 1 is 1.12 bits per heavy atom. The van der Waals surface area contributed by atoms with Crippen molar-refractivity contribution >= 4 is 40.2 Å². The van der Waals surface area contributed by atoms with Crippen molar-refractivity contribution < 1.29 is 14.4 Å². The Morgan fingerprint density at radius 3 is 2.38 bits per heavy atom. The number of hydrogen-bond donors (Lipinski definition) is 1. The van der Waals surface area contributed by atoms with Gasteiger partial charge >= 0.3 is 0 Å². The first kappa shape index (κ1) is 18.0. The molecule has 2 aromatic carbocycles. The minimum Gasteiger partial charge on any atom is -0.368 e. The zero-order chi connectivity index (χ0) is 18.8. The topological polar surface area (TPSA) is 83.7 Å². The number of hydrogen-bond acceptors (Lipinski definition) is 5. The van der Waals surface area contributed by atoms with Crippen molar-refractivity contribution in [1.29, 1.82) is 0 Å². The van der Waals surface area contributed by atoms with Crippen LogP contribution < -0.4 is 15.5 Å². The first-order valence-electron chi connectivity index (χ1n) is 8.09. The number of primary amides is 1. The monoisotopic (exact) mass is 369 g/mol. The lowest BCUT2D eigenvalue weighted by molar-refractivity contribution is -0.117. The SMILES string of the molecule is Cc1cccc(N2C(=O)S[C@@H](N(CC(N)=O)c3cccc(C)c3)C2=O)c1. The molecule has 3 rings (SSSR count). The highest BCUT2D eigenvalue weighted by Gasteiger charge is 2.44. The van der Waals surface area contributed by atoms with E-state index in [1.807, 2.05) is 38.1 Å². The van der Waals surface area contributed by atoms with E-state index in [-0.39, 0.29) is 17.7 Å². The Morgan fingerprint density at radius 2 is 1.77 bits per heavy atom. The number of imide groups is 1. The molecule has 3 amide bonds. The zero-order valence-corrected chi connectivity index (χ0v) is 15.3. The van der Waals surface area contributed by atoms with E-state index in [0.717, 1.165) is 27.8 Å². The molecule has 0 spiro atoms. The molecule has 1 fully saturated rings. The van der Waals surface area contributed by atoms with Crippen molar-refractivity contribution in [3.63, 3.8) is 0 Å². The summed E-state index contributed by atoms with van der Waals surface area (Å²) in [6.45, 7) is 3.66. The molecule has 1 atom stereocenters. The number of anilines is 2. The third-order valence-corrected chi connectivity index (χ3v) is 5.09. The fraction of sp³-hybridized carbons (Fsp3) is 0.211. The van der Waals surface area contributed by atoms with Gasteiger partial charge in [-0.1, -0.05) is 24.3 Å². The second-order valence-electron chi connectivity index (χ2n) is 6.18. The summed E-state index contributed by atoms with van der Waals surface area (Å²) in [5, 5.41) is -1.20. The van der Waals surface area contributed by atoms with Crippen LogP contribution in [0.3, 0.4) is 0 Å². The lowest BCUT2D eigenvalue weighted by Crippen LogP contribution is -2.45. The molecule has 0 radical (unpaired) electrons. The maximum Gasteiger partial charge on any atom is 0.295 e. The maximum absolute atomic E-state index is 13.0. The van der Waals surface area contributed by atoms with Crippen LogP contribution >= 0.6 is 11.8 Å². The molecule has 1 aliphatic heterocycles. The Bertz CT molecular complexity index is 884. The van der Waals surface area contributed by atoms with Crippen molar-refractivity contribution in [1.82, 2.24) is 0 Å². The first-order valence-corrected chi connectivity index (χ1v) is 8.97. The van der Waals surface area contributed by atoms with Gasteiger partial charge in [0.1, 0.15) is 0 Å². The molecular weight excluding hydrogens is 350 g/mol. The molecular formula is C19H19N3O3S. The normalized spacial score (nSPS) is 16.8. The predicted octanol–water partition coefficient (Wildman–Crippen LogP) is 2.82. The van der Waals surface area contributed by atoms with Crippen LogP contribution in [0.1, 0.15) is 11.1 Å². The Kier molecular flexibility index (Phi) is 4.99. The molecule has 1 heterocycles. The number of rotatable bonds is 5. The second kappa shape index (κ2) is 7.21. The highest BCUT2D eigenvalue weighted by atomic mass is 32.2. The van der Waals surface area contributed by atoms with Crippen LogP contribution in [0, 0.1) is 13.8 Å². The number of benzene rings is 2. The summed E-state index contributed by atoms with van der Waals surface area (Å²) in [4.78, 5) is 39.8. The van der Waals surface area contributed by atoms with Crippen molar-refractivity contribution in [2.24, 2.45) is 5.73 Å². The van der Waals surface area contributed by atoms with Gasteiger partial charge < -0.3 is 10.6 Å². The summed E-state index contributed by atoms with van der Waals surface area (Å²) in [5.41, 5.74) is 8.51. The van der Waals surface area contributed by atoms with E-state index in [1.165, 1.54) is 0 Å². The van der Waals surface area contributed by atoms with Crippen LogP contribution in [0.25, 0.3) is 0 Å². The highest BCUT2D eigenvalue weighted by molar-refractivity contribution is 8.16. The quantitative estimate of drug-likeness (QED) is 0.876. The molecule has 26 heavy (non-hydrogen) atoms. The number of amides is 3. The van der Waals surface area contributed by atoms with Crippen molar-refractivity contribution in [3.05, 3.63) is 59.7 Å². The summed E-state index contributed by atoms with van der Waals surface area (Å²) in [6.07, 6.45) is 0. The lowest BCUT2D eigenvalue weighted by atomic mass is 10.2. The van der Waals surface area contributed by atoms with Crippen molar-refractivity contribution in [2.45, 2.75) is 19.2 Å². The van der Waals surface area contributed by atoms with Crippen LogP contribution in [-0.2, 0) is 9.59 Å². The molecule has 0 aromatic heterocycles. The molecule has 0 saturated carbocycles. The molecule has 7 heteroatoms. The second-order valence-corrected chi connectivity index (χ2v) is 7.21. The van der Waals surface area contributed by atoms with Gasteiger partial charge in [0, 0.05) is 5.69 Å². The van der Waals surface area contributed by atoms with Crippen LogP contribution in [0.5, 0.6) is 0 Å². The van der Waals surface area contributed by atoms with E-state index < -0.39 is 11.3 Å². The fourth-order valence-electron chi connectivity index (χ4n) is 2.88. The Labute approximate surface area is 156 Å². The summed E-state index contributed by atoms with van der Waals surface area (Å²) < 4.78 is 0. The van der Waals surface area contributed by atoms with Crippen LogP contribution in [-0.4, -0.2) is 29.0 Å². The van der Waals surface area contributed by atoms with E-state index in [1.54, 1.807) is 29.2 Å². The minimum atomic E-state index is -0.836. The Hall–Kier alpha value is -2.80. The molecule has 134 valence electrons. The van der Waals surface area contributed by atoms with Gasteiger partial charge in [-0.3, -0.25) is 14.4 Å². The predicted molar refractivity (Wildman–Crippen MR) is 103 cm³/mol. The van der Waals surface area contributed by atoms with E-state index in [2.05, 4.69) is 0 Å². The molecule has 0 bridgehead atoms. The van der Waals surface area contributed by atoms with E-state index in [4.69, 9.17) is 5.73 Å². The lowest BCUT2D eigenvalue weighted by Gasteiger charge is -2.27. The number of nitrogens with zero attached hydrogens (tertiary/aromatic N) is 2. The molecule has 6 nitrogen and oxygen atoms in total. The average Bonchev–Trinajstić information content (AvgIpc) is 2.87. The Balaban J connectivity index is 1.96. The number of thioether (sulfide) groups is 1. The number of nitrogens with two attached hydrogens (primary N) is 1. The molecule has 0 aliphatic carbocycles. The summed E-state index contributed by atoms with van der Waals surface area (Å²) in [7, 11) is 0. The average molecular weight is 369 g/mol. The molecule has 1 saturated heterocycles. The van der Waals surface area contributed by atoms with Gasteiger partial charge in [-0.2, -0.15) is 0 Å². The standard InChI is InChI=1S/C19H19N3O3S/c1-12-5-3-7-14(9-12)21(11-16(20)23)18-17(24)22(19(25)26-18)15-8-4-6-13(2)10-15/h3-10,18H,11H2,1-2H3,(H2,20,23)/t18-/m1/s1. The summed E-state index contributed by atoms with van der Waals surface area (Å²) >= 11 is 0.889. The van der Waals surface area contributed by atoms with Crippen LogP contribution in [0.4, 0.5) is 16.2 Å². The van der Waals surface area contributed by atoms with Crippen LogP contribution in [0.15, 0.2) is 48.5 Å². The number of carbonyl (C=O) groups excluding carboxylic acids is 3. The van der Waals surface area contributed by atoms with Gasteiger partial charge in [0.05, 0.1) is 12.2 Å². The molecule has 0 unspecified atom stereocenters. The van der Waals surface area contributed by atoms with Gasteiger partial charge in [0.25, 0.3) is 11.1 Å². The van der Waals surface area contributed by atoms with Crippen molar-refractivity contribution in [2.75, 3.05) is 16.3 Å². The highest BCUT2D eigenvalue weighted by Crippen LogP contribution is 2.36. The van der Waals surface area contributed by atoms with Gasteiger partial charge in [-0.05, 0) is 61.0 Å². The summed E-state index contributed by atoms with van der Waals surface area (Å²) in [6, 6.07) is 14.6. The van der Waals surface area contributed by atoms with Crippen molar-refractivity contribution in [3.8, 4) is 0 Å². The minimum absolute atomic E-state index is 0.151. The van der Waals surface area contributed by atoms with E-state index in [0.29, 0.717) is 11.4 Å². The van der Waals surface area contributed by atoms with Gasteiger partial charge in [-0.25, -0.2) is 4.90 Å². The third kappa shape index (κ3) is 3.57. The third-order valence-electron chi connectivity index (χ3n) is 4.03. The molecule has 2 N–H and O–H groups in total. The number of carbonyl (C=O) groups is 3. The van der Waals surface area contributed by atoms with Gasteiger partial charge in [-0.15, -0.1) is 0 Å². The van der Waals surface area contributed by atoms with Gasteiger partial charge in [0.2, 0.25) is 5.91 Å². The summed E-state index contributed by atoms with van der Waals surface area (Å²) in [5.74, 6) is -0.949. The maximum atomic E-state index is 13.0. The smallest absolute Gasteiger partial charge is 0.295 e. The largest absolute Gasteiger partial charge is 0.368 e. The van der Waals surface area contributed by atoms with Crippen LogP contribution in [0.2, 0.25) is 0 Å². The fourth-order valence-corrected chi connectivity index (χ4v) is 3.90. The van der Waals surface area contributed by atoms with E-state index >= 15 is 0 Å². The first-order chi connectivity index (χ1) is 12.4. The zero-order valence-electron chi connectivity index (χ0n) is 14.5. The molecule has 1 aliphatic rings.